The van der Waals surface area contributed by atoms with Crippen molar-refractivity contribution in [2.45, 2.75) is 13.0 Å². The fourth-order valence-electron chi connectivity index (χ4n) is 0.988. The molecule has 0 saturated heterocycles. The van der Waals surface area contributed by atoms with Crippen molar-refractivity contribution in [2.24, 2.45) is 5.73 Å². The lowest BCUT2D eigenvalue weighted by Gasteiger charge is -2.12. The quantitative estimate of drug-likeness (QED) is 0.816. The second kappa shape index (κ2) is 5.23. The van der Waals surface area contributed by atoms with Crippen LogP contribution in [-0.2, 0) is 0 Å². The second-order valence-electron chi connectivity index (χ2n) is 3.23. The molecule has 0 aliphatic heterocycles. The SMILES string of the molecule is CC(NC(=O)c1ccc(F)c(Cl)c1)C(N)=S. The predicted molar refractivity (Wildman–Crippen MR) is 65.1 cm³/mol. The minimum absolute atomic E-state index is 0.101. The van der Waals surface area contributed by atoms with E-state index in [0.29, 0.717) is 0 Å². The van der Waals surface area contributed by atoms with Crippen LogP contribution in [0, 0.1) is 5.82 Å². The van der Waals surface area contributed by atoms with Crippen LogP contribution in [-0.4, -0.2) is 16.9 Å². The van der Waals surface area contributed by atoms with E-state index in [9.17, 15) is 9.18 Å². The molecule has 0 bridgehead atoms. The molecule has 0 spiro atoms. The summed E-state index contributed by atoms with van der Waals surface area (Å²) < 4.78 is 12.8. The normalized spacial score (nSPS) is 11.9. The van der Waals surface area contributed by atoms with Gasteiger partial charge >= 0.3 is 0 Å². The molecular formula is C10H10ClFN2OS. The van der Waals surface area contributed by atoms with Gasteiger partial charge in [-0.3, -0.25) is 4.79 Å². The second-order valence-corrected chi connectivity index (χ2v) is 4.11. The van der Waals surface area contributed by atoms with Gasteiger partial charge in [-0.25, -0.2) is 4.39 Å². The van der Waals surface area contributed by atoms with Crippen LogP contribution in [0.4, 0.5) is 4.39 Å². The third kappa shape index (κ3) is 3.15. The summed E-state index contributed by atoms with van der Waals surface area (Å²) in [5.74, 6) is -0.970. The van der Waals surface area contributed by atoms with Crippen molar-refractivity contribution in [3.8, 4) is 0 Å². The molecule has 3 N–H and O–H groups in total. The molecule has 0 fully saturated rings. The first-order chi connectivity index (χ1) is 7.41. The van der Waals surface area contributed by atoms with E-state index in [4.69, 9.17) is 29.6 Å². The number of amides is 1. The molecule has 86 valence electrons. The number of nitrogens with two attached hydrogens (primary N) is 1. The molecule has 1 amide bonds. The highest BCUT2D eigenvalue weighted by molar-refractivity contribution is 7.80. The summed E-state index contributed by atoms with van der Waals surface area (Å²) in [7, 11) is 0. The lowest BCUT2D eigenvalue weighted by Crippen LogP contribution is -2.41. The number of halogens is 2. The highest BCUT2D eigenvalue weighted by atomic mass is 35.5. The number of hydrogen-bond donors (Lipinski definition) is 2. The summed E-state index contributed by atoms with van der Waals surface area (Å²) in [5.41, 5.74) is 5.61. The zero-order chi connectivity index (χ0) is 12.3. The topological polar surface area (TPSA) is 55.1 Å². The molecule has 0 aromatic heterocycles. The fourth-order valence-corrected chi connectivity index (χ4v) is 1.23. The van der Waals surface area contributed by atoms with Crippen LogP contribution in [0.1, 0.15) is 17.3 Å². The molecule has 16 heavy (non-hydrogen) atoms. The van der Waals surface area contributed by atoms with Crippen molar-refractivity contribution >= 4 is 34.7 Å². The first-order valence-electron chi connectivity index (χ1n) is 4.47. The van der Waals surface area contributed by atoms with Crippen molar-refractivity contribution in [1.29, 1.82) is 0 Å². The Labute approximate surface area is 103 Å². The Morgan fingerprint density at radius 2 is 2.25 bits per heavy atom. The Morgan fingerprint density at radius 3 is 2.75 bits per heavy atom. The van der Waals surface area contributed by atoms with Crippen LogP contribution < -0.4 is 11.1 Å². The summed E-state index contributed by atoms with van der Waals surface area (Å²) in [5, 5.41) is 2.45. The Hall–Kier alpha value is -1.20. The Bertz CT molecular complexity index is 439. The van der Waals surface area contributed by atoms with E-state index in [2.05, 4.69) is 5.32 Å². The van der Waals surface area contributed by atoms with E-state index in [0.717, 1.165) is 6.07 Å². The average molecular weight is 261 g/mol. The van der Waals surface area contributed by atoms with Crippen molar-refractivity contribution in [2.75, 3.05) is 0 Å². The van der Waals surface area contributed by atoms with Crippen molar-refractivity contribution in [1.82, 2.24) is 5.32 Å². The van der Waals surface area contributed by atoms with Gasteiger partial charge in [0.1, 0.15) is 5.82 Å². The molecule has 1 atom stereocenters. The highest BCUT2D eigenvalue weighted by Gasteiger charge is 2.12. The molecule has 0 saturated carbocycles. The summed E-state index contributed by atoms with van der Waals surface area (Å²) >= 11 is 10.3. The molecule has 1 unspecified atom stereocenters. The maximum absolute atomic E-state index is 12.8. The van der Waals surface area contributed by atoms with E-state index in [1.54, 1.807) is 6.92 Å². The maximum Gasteiger partial charge on any atom is 0.251 e. The van der Waals surface area contributed by atoms with Crippen LogP contribution in [0.2, 0.25) is 5.02 Å². The largest absolute Gasteiger partial charge is 0.392 e. The van der Waals surface area contributed by atoms with E-state index < -0.39 is 17.8 Å². The van der Waals surface area contributed by atoms with E-state index in [1.165, 1.54) is 12.1 Å². The number of nitrogens with one attached hydrogen (secondary N) is 1. The van der Waals surface area contributed by atoms with Crippen LogP contribution >= 0.6 is 23.8 Å². The number of hydrogen-bond acceptors (Lipinski definition) is 2. The van der Waals surface area contributed by atoms with Gasteiger partial charge in [0.15, 0.2) is 0 Å². The van der Waals surface area contributed by atoms with Gasteiger partial charge in [0, 0.05) is 5.56 Å². The lowest BCUT2D eigenvalue weighted by atomic mass is 10.2. The van der Waals surface area contributed by atoms with Crippen LogP contribution in [0.5, 0.6) is 0 Å². The Kier molecular flexibility index (Phi) is 4.20. The minimum atomic E-state index is -0.569. The van der Waals surface area contributed by atoms with Crippen molar-refractivity contribution in [3.05, 3.63) is 34.6 Å². The van der Waals surface area contributed by atoms with Gasteiger partial charge in [0.2, 0.25) is 0 Å². The lowest BCUT2D eigenvalue weighted by molar-refractivity contribution is 0.0949. The van der Waals surface area contributed by atoms with Crippen LogP contribution in [0.25, 0.3) is 0 Å². The van der Waals surface area contributed by atoms with Gasteiger partial charge in [-0.05, 0) is 25.1 Å². The molecule has 1 rings (SSSR count). The number of carbonyl (C=O) groups excluding carboxylic acids is 1. The van der Waals surface area contributed by atoms with E-state index >= 15 is 0 Å². The van der Waals surface area contributed by atoms with Gasteiger partial charge in [0.25, 0.3) is 5.91 Å². The van der Waals surface area contributed by atoms with Crippen molar-refractivity contribution in [3.63, 3.8) is 0 Å². The van der Waals surface area contributed by atoms with Gasteiger partial charge in [0.05, 0.1) is 16.1 Å². The van der Waals surface area contributed by atoms with Crippen LogP contribution in [0.3, 0.4) is 0 Å². The number of benzene rings is 1. The van der Waals surface area contributed by atoms with Gasteiger partial charge in [-0.15, -0.1) is 0 Å². The maximum atomic E-state index is 12.8. The average Bonchev–Trinajstić information content (AvgIpc) is 2.21. The van der Waals surface area contributed by atoms with E-state index in [-0.39, 0.29) is 15.6 Å². The Balaban J connectivity index is 2.81. The molecule has 3 nitrogen and oxygen atoms in total. The molecule has 0 aliphatic rings. The zero-order valence-corrected chi connectivity index (χ0v) is 10.0. The van der Waals surface area contributed by atoms with Gasteiger partial charge < -0.3 is 11.1 Å². The number of carbonyl (C=O) groups is 1. The smallest absolute Gasteiger partial charge is 0.251 e. The molecule has 0 aliphatic carbocycles. The number of thiocarbonyl (C=S) groups is 1. The predicted octanol–water partition coefficient (Wildman–Crippen LogP) is 1.88. The van der Waals surface area contributed by atoms with Crippen molar-refractivity contribution < 1.29 is 9.18 Å². The molecule has 0 radical (unpaired) electrons. The molecule has 1 aromatic carbocycles. The monoisotopic (exact) mass is 260 g/mol. The summed E-state index contributed by atoms with van der Waals surface area (Å²) in [6.45, 7) is 1.66. The fraction of sp³-hybridized carbons (Fsp3) is 0.200. The molecular weight excluding hydrogens is 251 g/mol. The molecule has 1 aromatic rings. The molecule has 6 heteroatoms. The zero-order valence-electron chi connectivity index (χ0n) is 8.46. The van der Waals surface area contributed by atoms with Crippen LogP contribution in [0.15, 0.2) is 18.2 Å². The first-order valence-corrected chi connectivity index (χ1v) is 5.25. The summed E-state index contributed by atoms with van der Waals surface area (Å²) in [4.78, 5) is 11.8. The van der Waals surface area contributed by atoms with Gasteiger partial charge in [-0.2, -0.15) is 0 Å². The first kappa shape index (κ1) is 12.9. The Morgan fingerprint density at radius 1 is 1.62 bits per heavy atom. The third-order valence-corrected chi connectivity index (χ3v) is 2.60. The minimum Gasteiger partial charge on any atom is -0.392 e. The highest BCUT2D eigenvalue weighted by Crippen LogP contribution is 2.15. The molecule has 0 heterocycles. The van der Waals surface area contributed by atoms with E-state index in [1.807, 2.05) is 0 Å². The summed E-state index contributed by atoms with van der Waals surface area (Å²) in [6, 6.07) is 3.29. The standard InChI is InChI=1S/C10H10ClFN2OS/c1-5(9(13)16)14-10(15)6-2-3-8(12)7(11)4-6/h2-5H,1H3,(H2,13,16)(H,14,15). The van der Waals surface area contributed by atoms with Gasteiger partial charge in [-0.1, -0.05) is 23.8 Å². The third-order valence-electron chi connectivity index (χ3n) is 1.96. The summed E-state index contributed by atoms with van der Waals surface area (Å²) in [6.07, 6.45) is 0. The number of rotatable bonds is 3.